The van der Waals surface area contributed by atoms with Crippen molar-refractivity contribution in [1.29, 1.82) is 0 Å². The molecular weight excluding hydrogens is 358 g/mol. The van der Waals surface area contributed by atoms with Crippen molar-refractivity contribution in [3.8, 4) is 0 Å². The molecule has 1 N–H and O–H groups in total. The first-order chi connectivity index (χ1) is 7.49. The van der Waals surface area contributed by atoms with Crippen molar-refractivity contribution in [2.24, 2.45) is 0 Å². The molecular formula is C10H13Br2NO2S. The number of thiophene rings is 1. The summed E-state index contributed by atoms with van der Waals surface area (Å²) in [6.07, 6.45) is 0.932. The number of carbonyl (C=O) groups is 1. The molecule has 3 nitrogen and oxygen atoms in total. The second-order valence-electron chi connectivity index (χ2n) is 3.57. The quantitative estimate of drug-likeness (QED) is 0.832. The average Bonchev–Trinajstić information content (AvgIpc) is 2.44. The highest BCUT2D eigenvalue weighted by Gasteiger charge is 2.07. The lowest BCUT2D eigenvalue weighted by molar-refractivity contribution is -0.137. The maximum absolute atomic E-state index is 10.4. The molecule has 0 aromatic carbocycles. The standard InChI is InChI=1S/C10H13Br2NO2S/c1-13(4-2-3-9(14)15)6-7-5-8(11)10(12)16-7/h5H,2-4,6H2,1H3,(H,14,15). The summed E-state index contributed by atoms with van der Waals surface area (Å²) in [5, 5.41) is 8.53. The molecule has 1 rings (SSSR count). The largest absolute Gasteiger partial charge is 0.481 e. The van der Waals surface area contributed by atoms with Crippen LogP contribution in [-0.2, 0) is 11.3 Å². The summed E-state index contributed by atoms with van der Waals surface area (Å²) in [6.45, 7) is 1.66. The number of nitrogens with zero attached hydrogens (tertiary/aromatic N) is 1. The summed E-state index contributed by atoms with van der Waals surface area (Å²) in [7, 11) is 2.00. The van der Waals surface area contributed by atoms with Gasteiger partial charge < -0.3 is 10.0 Å². The molecule has 1 heterocycles. The summed E-state index contributed by atoms with van der Waals surface area (Å²) in [4.78, 5) is 13.8. The monoisotopic (exact) mass is 369 g/mol. The summed E-state index contributed by atoms with van der Waals surface area (Å²) < 4.78 is 2.17. The zero-order chi connectivity index (χ0) is 12.1. The Hall–Kier alpha value is 0.0900. The van der Waals surface area contributed by atoms with Gasteiger partial charge in [0.15, 0.2) is 0 Å². The highest BCUT2D eigenvalue weighted by Crippen LogP contribution is 2.32. The van der Waals surface area contributed by atoms with Crippen molar-refractivity contribution in [3.63, 3.8) is 0 Å². The first kappa shape index (κ1) is 14.2. The summed E-state index contributed by atoms with van der Waals surface area (Å²) in [5.41, 5.74) is 0. The Balaban J connectivity index is 2.33. The van der Waals surface area contributed by atoms with E-state index in [0.717, 1.165) is 21.3 Å². The van der Waals surface area contributed by atoms with Crippen LogP contribution in [0.1, 0.15) is 17.7 Å². The number of carboxylic acids is 1. The van der Waals surface area contributed by atoms with Crippen LogP contribution in [-0.4, -0.2) is 29.6 Å². The lowest BCUT2D eigenvalue weighted by Crippen LogP contribution is -2.19. The van der Waals surface area contributed by atoms with Crippen LogP contribution in [0.15, 0.2) is 14.3 Å². The Labute approximate surface area is 116 Å². The molecule has 0 saturated heterocycles. The second-order valence-corrected chi connectivity index (χ2v) is 6.88. The van der Waals surface area contributed by atoms with Gasteiger partial charge in [-0.25, -0.2) is 0 Å². The average molecular weight is 371 g/mol. The van der Waals surface area contributed by atoms with Gasteiger partial charge in [-0.2, -0.15) is 0 Å². The molecule has 16 heavy (non-hydrogen) atoms. The SMILES string of the molecule is CN(CCCC(=O)O)Cc1cc(Br)c(Br)s1. The molecule has 90 valence electrons. The first-order valence-electron chi connectivity index (χ1n) is 4.83. The molecule has 0 aliphatic carbocycles. The van der Waals surface area contributed by atoms with Gasteiger partial charge in [-0.05, 0) is 57.9 Å². The lowest BCUT2D eigenvalue weighted by atomic mass is 10.3. The van der Waals surface area contributed by atoms with E-state index in [0.29, 0.717) is 6.42 Å². The van der Waals surface area contributed by atoms with E-state index in [1.165, 1.54) is 4.88 Å². The molecule has 0 fully saturated rings. The minimum Gasteiger partial charge on any atom is -0.481 e. The Morgan fingerprint density at radius 1 is 1.56 bits per heavy atom. The number of rotatable bonds is 6. The highest BCUT2D eigenvalue weighted by molar-refractivity contribution is 9.13. The molecule has 0 bridgehead atoms. The molecule has 1 aromatic heterocycles. The topological polar surface area (TPSA) is 40.5 Å². The van der Waals surface area contributed by atoms with Crippen molar-refractivity contribution < 1.29 is 9.90 Å². The fraction of sp³-hybridized carbons (Fsp3) is 0.500. The smallest absolute Gasteiger partial charge is 0.303 e. The molecule has 0 aliphatic rings. The minimum absolute atomic E-state index is 0.238. The Morgan fingerprint density at radius 2 is 2.25 bits per heavy atom. The Morgan fingerprint density at radius 3 is 2.75 bits per heavy atom. The zero-order valence-corrected chi connectivity index (χ0v) is 12.9. The number of aliphatic carboxylic acids is 1. The van der Waals surface area contributed by atoms with Crippen LogP contribution >= 0.6 is 43.2 Å². The predicted octanol–water partition coefficient (Wildman–Crippen LogP) is 3.57. The van der Waals surface area contributed by atoms with Crippen molar-refractivity contribution in [3.05, 3.63) is 19.2 Å². The lowest BCUT2D eigenvalue weighted by Gasteiger charge is -2.14. The van der Waals surface area contributed by atoms with E-state index in [9.17, 15) is 4.79 Å². The zero-order valence-electron chi connectivity index (χ0n) is 8.87. The molecule has 0 aliphatic heterocycles. The normalized spacial score (nSPS) is 11.0. The van der Waals surface area contributed by atoms with E-state index in [4.69, 9.17) is 5.11 Å². The van der Waals surface area contributed by atoms with Gasteiger partial charge >= 0.3 is 5.97 Å². The number of hydrogen-bond acceptors (Lipinski definition) is 3. The van der Waals surface area contributed by atoms with Crippen molar-refractivity contribution >= 4 is 49.2 Å². The van der Waals surface area contributed by atoms with E-state index in [-0.39, 0.29) is 6.42 Å². The molecule has 0 radical (unpaired) electrons. The van der Waals surface area contributed by atoms with Gasteiger partial charge in [-0.15, -0.1) is 11.3 Å². The van der Waals surface area contributed by atoms with E-state index in [1.54, 1.807) is 11.3 Å². The van der Waals surface area contributed by atoms with E-state index in [1.807, 2.05) is 7.05 Å². The van der Waals surface area contributed by atoms with Gasteiger partial charge in [0.25, 0.3) is 0 Å². The summed E-state index contributed by atoms with van der Waals surface area (Å²) in [6, 6.07) is 2.09. The fourth-order valence-corrected chi connectivity index (χ4v) is 3.57. The minimum atomic E-state index is -0.727. The van der Waals surface area contributed by atoms with Crippen molar-refractivity contribution in [2.45, 2.75) is 19.4 Å². The van der Waals surface area contributed by atoms with E-state index in [2.05, 4.69) is 42.8 Å². The summed E-state index contributed by atoms with van der Waals surface area (Å²) in [5.74, 6) is -0.727. The van der Waals surface area contributed by atoms with Crippen LogP contribution in [0.3, 0.4) is 0 Å². The third kappa shape index (κ3) is 4.95. The molecule has 1 aromatic rings. The summed E-state index contributed by atoms with van der Waals surface area (Å²) >= 11 is 8.59. The number of hydrogen-bond donors (Lipinski definition) is 1. The van der Waals surface area contributed by atoms with Crippen LogP contribution in [0.4, 0.5) is 0 Å². The maximum atomic E-state index is 10.4. The maximum Gasteiger partial charge on any atom is 0.303 e. The van der Waals surface area contributed by atoms with Crippen molar-refractivity contribution in [1.82, 2.24) is 4.90 Å². The third-order valence-corrected chi connectivity index (χ3v) is 5.29. The van der Waals surface area contributed by atoms with Crippen LogP contribution < -0.4 is 0 Å². The number of carboxylic acid groups (broad SMARTS) is 1. The highest BCUT2D eigenvalue weighted by atomic mass is 79.9. The third-order valence-electron chi connectivity index (χ3n) is 2.05. The molecule has 0 saturated carbocycles. The second kappa shape index (κ2) is 6.74. The molecule has 0 atom stereocenters. The molecule has 0 unspecified atom stereocenters. The van der Waals surface area contributed by atoms with E-state index < -0.39 is 5.97 Å². The van der Waals surface area contributed by atoms with Crippen LogP contribution in [0.2, 0.25) is 0 Å². The van der Waals surface area contributed by atoms with Gasteiger partial charge in [-0.1, -0.05) is 0 Å². The predicted molar refractivity (Wildman–Crippen MR) is 72.9 cm³/mol. The van der Waals surface area contributed by atoms with Gasteiger partial charge in [0.1, 0.15) is 0 Å². The van der Waals surface area contributed by atoms with Gasteiger partial charge in [-0.3, -0.25) is 4.79 Å². The van der Waals surface area contributed by atoms with Crippen LogP contribution in [0, 0.1) is 0 Å². The molecule has 0 amide bonds. The van der Waals surface area contributed by atoms with Crippen LogP contribution in [0.25, 0.3) is 0 Å². The molecule has 6 heteroatoms. The fourth-order valence-electron chi connectivity index (χ4n) is 1.31. The van der Waals surface area contributed by atoms with Crippen LogP contribution in [0.5, 0.6) is 0 Å². The number of halogens is 2. The van der Waals surface area contributed by atoms with Crippen molar-refractivity contribution in [2.75, 3.05) is 13.6 Å². The van der Waals surface area contributed by atoms with Gasteiger partial charge in [0, 0.05) is 22.3 Å². The Bertz CT molecular complexity index is 348. The van der Waals surface area contributed by atoms with Gasteiger partial charge in [0.05, 0.1) is 3.79 Å². The molecule has 0 spiro atoms. The first-order valence-corrected chi connectivity index (χ1v) is 7.23. The van der Waals surface area contributed by atoms with Gasteiger partial charge in [0.2, 0.25) is 0 Å². The van der Waals surface area contributed by atoms with E-state index >= 15 is 0 Å². The Kier molecular flexibility index (Phi) is 5.96.